The molecule has 8 heteroatoms. The number of hydrogen-bond donors (Lipinski definition) is 2. The van der Waals surface area contributed by atoms with Crippen LogP contribution in [0.4, 0.5) is 5.69 Å². The van der Waals surface area contributed by atoms with Crippen LogP contribution < -0.4 is 20.1 Å². The minimum atomic E-state index is -0.263. The summed E-state index contributed by atoms with van der Waals surface area (Å²) in [6.07, 6.45) is 0. The van der Waals surface area contributed by atoms with Gasteiger partial charge in [0, 0.05) is 30.9 Å². The Kier molecular flexibility index (Phi) is 7.24. The van der Waals surface area contributed by atoms with Gasteiger partial charge in [-0.25, -0.2) is 0 Å². The zero-order valence-electron chi connectivity index (χ0n) is 18.6. The van der Waals surface area contributed by atoms with Gasteiger partial charge < -0.3 is 19.5 Å². The molecular formula is C24H30N4O4. The molecule has 8 nitrogen and oxygen atoms in total. The summed E-state index contributed by atoms with van der Waals surface area (Å²) in [5.41, 5.74) is 2.57. The molecule has 0 aromatic heterocycles. The molecule has 1 fully saturated rings. The van der Waals surface area contributed by atoms with Crippen LogP contribution in [-0.2, 0) is 4.74 Å². The van der Waals surface area contributed by atoms with E-state index in [-0.39, 0.29) is 12.7 Å². The maximum atomic E-state index is 12.9. The molecule has 0 aliphatic carbocycles. The number of morpholine rings is 1. The van der Waals surface area contributed by atoms with Gasteiger partial charge in [0.05, 0.1) is 19.8 Å². The van der Waals surface area contributed by atoms with Crippen molar-refractivity contribution in [1.82, 2.24) is 10.2 Å². The second-order valence-electron chi connectivity index (χ2n) is 8.11. The fourth-order valence-corrected chi connectivity index (χ4v) is 3.57. The van der Waals surface area contributed by atoms with E-state index in [9.17, 15) is 4.79 Å². The predicted molar refractivity (Wildman–Crippen MR) is 124 cm³/mol. The van der Waals surface area contributed by atoms with Crippen molar-refractivity contribution in [3.63, 3.8) is 0 Å². The molecule has 2 N–H and O–H groups in total. The van der Waals surface area contributed by atoms with E-state index in [0.717, 1.165) is 38.5 Å². The monoisotopic (exact) mass is 438 g/mol. The van der Waals surface area contributed by atoms with Crippen molar-refractivity contribution in [3.05, 3.63) is 53.6 Å². The summed E-state index contributed by atoms with van der Waals surface area (Å²) in [6.45, 7) is 9.14. The first-order chi connectivity index (χ1) is 15.6. The summed E-state index contributed by atoms with van der Waals surface area (Å²) in [7, 11) is 0. The highest BCUT2D eigenvalue weighted by Gasteiger charge is 2.17. The van der Waals surface area contributed by atoms with Crippen LogP contribution in [0.1, 0.15) is 35.7 Å². The highest BCUT2D eigenvalue weighted by atomic mass is 16.7. The molecule has 2 aromatic carbocycles. The van der Waals surface area contributed by atoms with Gasteiger partial charge in [-0.1, -0.05) is 26.0 Å². The molecule has 32 heavy (non-hydrogen) atoms. The van der Waals surface area contributed by atoms with Crippen LogP contribution in [0.5, 0.6) is 11.5 Å². The number of guanidine groups is 1. The Balaban J connectivity index is 1.47. The number of hydrogen-bond acceptors (Lipinski definition) is 6. The van der Waals surface area contributed by atoms with E-state index in [4.69, 9.17) is 14.2 Å². The summed E-state index contributed by atoms with van der Waals surface area (Å²) >= 11 is 0. The number of carbonyl (C=O) groups is 1. The lowest BCUT2D eigenvalue weighted by Gasteiger charge is -2.25. The zero-order valence-corrected chi connectivity index (χ0v) is 18.6. The van der Waals surface area contributed by atoms with Crippen LogP contribution in [0, 0.1) is 0 Å². The molecule has 4 rings (SSSR count). The molecule has 1 amide bonds. The van der Waals surface area contributed by atoms with Gasteiger partial charge in [0.1, 0.15) is 0 Å². The minimum Gasteiger partial charge on any atom is -0.454 e. The summed E-state index contributed by atoms with van der Waals surface area (Å²) in [6, 6.07) is 13.3. The van der Waals surface area contributed by atoms with Crippen LogP contribution in [0.2, 0.25) is 0 Å². The number of carbonyl (C=O) groups excluding carboxylic acids is 1. The van der Waals surface area contributed by atoms with Crippen LogP contribution in [-0.4, -0.2) is 63.0 Å². The second-order valence-corrected chi connectivity index (χ2v) is 8.11. The lowest BCUT2D eigenvalue weighted by Crippen LogP contribution is -2.39. The number of aliphatic imine (C=N–C) groups is 1. The Morgan fingerprint density at radius 1 is 1.09 bits per heavy atom. The lowest BCUT2D eigenvalue weighted by molar-refractivity contribution is 0.0394. The first-order valence-corrected chi connectivity index (χ1v) is 11.0. The molecule has 170 valence electrons. The third-order valence-electron chi connectivity index (χ3n) is 5.47. The zero-order chi connectivity index (χ0) is 22.3. The van der Waals surface area contributed by atoms with Gasteiger partial charge in [-0.05, 0) is 41.8 Å². The molecule has 2 aromatic rings. The van der Waals surface area contributed by atoms with Gasteiger partial charge in [-0.3, -0.25) is 20.0 Å². The summed E-state index contributed by atoms with van der Waals surface area (Å²) in [4.78, 5) is 19.9. The van der Waals surface area contributed by atoms with Gasteiger partial charge in [0.15, 0.2) is 11.5 Å². The molecular weight excluding hydrogens is 408 g/mol. The van der Waals surface area contributed by atoms with Crippen molar-refractivity contribution in [2.24, 2.45) is 4.99 Å². The first kappa shape index (κ1) is 22.1. The van der Waals surface area contributed by atoms with Crippen molar-refractivity contribution in [2.75, 3.05) is 51.5 Å². The van der Waals surface area contributed by atoms with Gasteiger partial charge in [-0.2, -0.15) is 0 Å². The van der Waals surface area contributed by atoms with Gasteiger partial charge in [0.2, 0.25) is 12.8 Å². The molecule has 0 bridgehead atoms. The van der Waals surface area contributed by atoms with Gasteiger partial charge in [-0.15, -0.1) is 0 Å². The Bertz CT molecular complexity index is 970. The SMILES string of the molecule is CC(C)c1cccc(NC(=NCCN2CCOCC2)NC(=O)c2ccc3c(c2)OCO3)c1. The fourth-order valence-electron chi connectivity index (χ4n) is 3.57. The highest BCUT2D eigenvalue weighted by molar-refractivity contribution is 6.10. The Morgan fingerprint density at radius 2 is 1.91 bits per heavy atom. The number of ether oxygens (including phenoxy) is 3. The normalized spacial score (nSPS) is 16.3. The Morgan fingerprint density at radius 3 is 2.72 bits per heavy atom. The number of benzene rings is 2. The molecule has 0 saturated carbocycles. The number of amides is 1. The molecule has 0 unspecified atom stereocenters. The van der Waals surface area contributed by atoms with Crippen molar-refractivity contribution < 1.29 is 19.0 Å². The van der Waals surface area contributed by atoms with Crippen molar-refractivity contribution in [3.8, 4) is 11.5 Å². The molecule has 1 saturated heterocycles. The van der Waals surface area contributed by atoms with Crippen molar-refractivity contribution >= 4 is 17.6 Å². The van der Waals surface area contributed by atoms with E-state index in [1.165, 1.54) is 5.56 Å². The maximum absolute atomic E-state index is 12.9. The van der Waals surface area contributed by atoms with Gasteiger partial charge >= 0.3 is 0 Å². The maximum Gasteiger partial charge on any atom is 0.258 e. The third kappa shape index (κ3) is 5.77. The number of nitrogens with zero attached hydrogens (tertiary/aromatic N) is 2. The predicted octanol–water partition coefficient (Wildman–Crippen LogP) is 3.07. The van der Waals surface area contributed by atoms with E-state index < -0.39 is 0 Å². The van der Waals surface area contributed by atoms with Crippen LogP contribution in [0.3, 0.4) is 0 Å². The van der Waals surface area contributed by atoms with Crippen molar-refractivity contribution in [1.29, 1.82) is 0 Å². The summed E-state index contributed by atoms with van der Waals surface area (Å²) in [5.74, 6) is 1.77. The smallest absolute Gasteiger partial charge is 0.258 e. The minimum absolute atomic E-state index is 0.169. The molecule has 0 radical (unpaired) electrons. The summed E-state index contributed by atoms with van der Waals surface area (Å²) in [5, 5.41) is 6.20. The largest absolute Gasteiger partial charge is 0.454 e. The second kappa shape index (κ2) is 10.5. The number of rotatable bonds is 6. The van der Waals surface area contributed by atoms with E-state index in [2.05, 4.69) is 46.5 Å². The van der Waals surface area contributed by atoms with E-state index in [1.54, 1.807) is 18.2 Å². The highest BCUT2D eigenvalue weighted by Crippen LogP contribution is 2.32. The Hall–Kier alpha value is -3.10. The standard InChI is InChI=1S/C24H30N4O4/c1-17(2)18-4-3-5-20(14-18)26-24(25-8-9-28-10-12-30-13-11-28)27-23(29)19-6-7-21-22(15-19)32-16-31-21/h3-7,14-15,17H,8-13,16H2,1-2H3,(H2,25,26,27,29). The van der Waals surface area contributed by atoms with E-state index in [0.29, 0.717) is 35.5 Å². The van der Waals surface area contributed by atoms with Crippen LogP contribution in [0.15, 0.2) is 47.5 Å². The molecule has 0 spiro atoms. The number of anilines is 1. The van der Waals surface area contributed by atoms with Crippen molar-refractivity contribution in [2.45, 2.75) is 19.8 Å². The lowest BCUT2D eigenvalue weighted by atomic mass is 10.0. The summed E-state index contributed by atoms with van der Waals surface area (Å²) < 4.78 is 16.1. The van der Waals surface area contributed by atoms with E-state index in [1.807, 2.05) is 12.1 Å². The van der Waals surface area contributed by atoms with E-state index >= 15 is 0 Å². The molecule has 0 atom stereocenters. The van der Waals surface area contributed by atoms with Gasteiger partial charge in [0.25, 0.3) is 5.91 Å². The Labute approximate surface area is 188 Å². The fraction of sp³-hybridized carbons (Fsp3) is 0.417. The quantitative estimate of drug-likeness (QED) is 0.533. The average Bonchev–Trinajstić information content (AvgIpc) is 3.28. The first-order valence-electron chi connectivity index (χ1n) is 11.0. The molecule has 2 aliphatic rings. The molecule has 2 heterocycles. The molecule has 2 aliphatic heterocycles. The number of nitrogens with one attached hydrogen (secondary N) is 2. The average molecular weight is 439 g/mol. The van der Waals surface area contributed by atoms with Crippen LogP contribution >= 0.6 is 0 Å². The van der Waals surface area contributed by atoms with Crippen LogP contribution in [0.25, 0.3) is 0 Å². The third-order valence-corrected chi connectivity index (χ3v) is 5.47. The number of fused-ring (bicyclic) bond motifs is 1. The topological polar surface area (TPSA) is 84.4 Å².